The number of hydrogen-bond donors (Lipinski definition) is 0. The van der Waals surface area contributed by atoms with Crippen molar-refractivity contribution in [1.29, 1.82) is 0 Å². The fourth-order valence-electron chi connectivity index (χ4n) is 3.23. The van der Waals surface area contributed by atoms with E-state index in [1.165, 1.54) is 49.5 Å². The third-order valence-corrected chi connectivity index (χ3v) is 4.74. The van der Waals surface area contributed by atoms with Gasteiger partial charge < -0.3 is 4.57 Å². The Morgan fingerprint density at radius 2 is 1.59 bits per heavy atom. The minimum atomic E-state index is -0.423. The standard InChI is InChI=1S/C23H16F2N2O2/c1-14(28)21-10-22-19(11-26-21)20(23(29)16-4-8-18(25)9-5-16)13-27(22)12-15-2-6-17(24)7-3-15/h2-11,13H,12H2,1H3. The topological polar surface area (TPSA) is 52.0 Å². The van der Waals surface area contributed by atoms with Crippen molar-refractivity contribution in [3.8, 4) is 0 Å². The summed E-state index contributed by atoms with van der Waals surface area (Å²) >= 11 is 0. The molecule has 0 radical (unpaired) electrons. The van der Waals surface area contributed by atoms with Gasteiger partial charge in [-0.2, -0.15) is 0 Å². The maximum Gasteiger partial charge on any atom is 0.195 e. The Hall–Kier alpha value is -3.67. The third-order valence-electron chi connectivity index (χ3n) is 4.74. The highest BCUT2D eigenvalue weighted by molar-refractivity contribution is 6.16. The molecule has 29 heavy (non-hydrogen) atoms. The Morgan fingerprint density at radius 1 is 0.966 bits per heavy atom. The van der Waals surface area contributed by atoms with Crippen molar-refractivity contribution in [2.24, 2.45) is 0 Å². The van der Waals surface area contributed by atoms with Gasteiger partial charge in [-0.15, -0.1) is 0 Å². The summed E-state index contributed by atoms with van der Waals surface area (Å²) in [7, 11) is 0. The Kier molecular flexibility index (Phi) is 4.76. The van der Waals surface area contributed by atoms with Gasteiger partial charge in [-0.05, 0) is 48.0 Å². The van der Waals surface area contributed by atoms with E-state index in [9.17, 15) is 18.4 Å². The SMILES string of the molecule is CC(=O)c1cc2c(cn1)c(C(=O)c1ccc(F)cc1)cn2Cc1ccc(F)cc1. The van der Waals surface area contributed by atoms with Crippen LogP contribution in [0.3, 0.4) is 0 Å². The highest BCUT2D eigenvalue weighted by Crippen LogP contribution is 2.25. The van der Waals surface area contributed by atoms with Crippen molar-refractivity contribution in [3.63, 3.8) is 0 Å². The molecular formula is C23H16F2N2O2. The number of nitrogens with zero attached hydrogens (tertiary/aromatic N) is 2. The van der Waals surface area contributed by atoms with Crippen molar-refractivity contribution in [1.82, 2.24) is 9.55 Å². The van der Waals surface area contributed by atoms with Crippen LogP contribution in [0, 0.1) is 11.6 Å². The Labute approximate surface area is 165 Å². The molecule has 2 aromatic heterocycles. The van der Waals surface area contributed by atoms with Crippen molar-refractivity contribution >= 4 is 22.5 Å². The molecule has 4 aromatic rings. The second kappa shape index (κ2) is 7.39. The van der Waals surface area contributed by atoms with E-state index in [0.717, 1.165) is 5.56 Å². The summed E-state index contributed by atoms with van der Waals surface area (Å²) in [6, 6.07) is 13.0. The molecule has 0 saturated carbocycles. The number of halogens is 2. The van der Waals surface area contributed by atoms with Crippen LogP contribution in [0.5, 0.6) is 0 Å². The number of benzene rings is 2. The zero-order valence-electron chi connectivity index (χ0n) is 15.5. The van der Waals surface area contributed by atoms with Gasteiger partial charge in [0.1, 0.15) is 17.3 Å². The number of pyridine rings is 1. The number of rotatable bonds is 5. The summed E-state index contributed by atoms with van der Waals surface area (Å²) in [5.41, 5.74) is 2.54. The van der Waals surface area contributed by atoms with Crippen LogP contribution in [-0.4, -0.2) is 21.1 Å². The number of carbonyl (C=O) groups is 2. The van der Waals surface area contributed by atoms with Gasteiger partial charge >= 0.3 is 0 Å². The number of ketones is 2. The molecule has 2 heterocycles. The quantitative estimate of drug-likeness (QED) is 0.460. The van der Waals surface area contributed by atoms with Crippen molar-refractivity contribution in [3.05, 3.63) is 101 Å². The monoisotopic (exact) mass is 390 g/mol. The lowest BCUT2D eigenvalue weighted by atomic mass is 10.0. The summed E-state index contributed by atoms with van der Waals surface area (Å²) in [6.45, 7) is 1.81. The van der Waals surface area contributed by atoms with Crippen LogP contribution in [0.4, 0.5) is 8.78 Å². The maximum atomic E-state index is 13.2. The second-order valence-electron chi connectivity index (χ2n) is 6.78. The number of aromatic nitrogens is 2. The van der Waals surface area contributed by atoms with Gasteiger partial charge in [0, 0.05) is 42.4 Å². The molecule has 0 aliphatic heterocycles. The normalized spacial score (nSPS) is 11.0. The van der Waals surface area contributed by atoms with E-state index < -0.39 is 5.82 Å². The van der Waals surface area contributed by atoms with Gasteiger partial charge in [-0.25, -0.2) is 8.78 Å². The first-order valence-corrected chi connectivity index (χ1v) is 8.97. The van der Waals surface area contributed by atoms with Gasteiger partial charge in [0.05, 0.1) is 5.52 Å². The largest absolute Gasteiger partial charge is 0.342 e. The highest BCUT2D eigenvalue weighted by atomic mass is 19.1. The van der Waals surface area contributed by atoms with Crippen molar-refractivity contribution in [2.75, 3.05) is 0 Å². The molecule has 0 aliphatic carbocycles. The fraction of sp³-hybridized carbons (Fsp3) is 0.0870. The van der Waals surface area contributed by atoms with Crippen LogP contribution in [0.25, 0.3) is 10.9 Å². The summed E-state index contributed by atoms with van der Waals surface area (Å²) in [5, 5.41) is 0.589. The van der Waals surface area contributed by atoms with Crippen LogP contribution in [0.2, 0.25) is 0 Å². The van der Waals surface area contributed by atoms with E-state index in [1.54, 1.807) is 24.4 Å². The van der Waals surface area contributed by atoms with Crippen molar-refractivity contribution in [2.45, 2.75) is 13.5 Å². The van der Waals surface area contributed by atoms with E-state index in [4.69, 9.17) is 0 Å². The average Bonchev–Trinajstić information content (AvgIpc) is 3.07. The predicted octanol–water partition coefficient (Wildman–Crippen LogP) is 4.80. The molecule has 0 N–H and O–H groups in total. The second-order valence-corrected chi connectivity index (χ2v) is 6.78. The molecule has 0 unspecified atom stereocenters. The highest BCUT2D eigenvalue weighted by Gasteiger charge is 2.19. The molecule has 0 aliphatic rings. The van der Waals surface area contributed by atoms with Crippen molar-refractivity contribution < 1.29 is 18.4 Å². The van der Waals surface area contributed by atoms with E-state index in [1.807, 2.05) is 4.57 Å². The van der Waals surface area contributed by atoms with E-state index in [-0.39, 0.29) is 23.1 Å². The summed E-state index contributed by atoms with van der Waals surface area (Å²) in [6.07, 6.45) is 3.19. The van der Waals surface area contributed by atoms with Gasteiger partial charge in [0.25, 0.3) is 0 Å². The molecule has 0 bridgehead atoms. The lowest BCUT2D eigenvalue weighted by molar-refractivity contribution is 0.101. The van der Waals surface area contributed by atoms with E-state index >= 15 is 0 Å². The smallest absolute Gasteiger partial charge is 0.195 e. The molecule has 4 rings (SSSR count). The fourth-order valence-corrected chi connectivity index (χ4v) is 3.23. The van der Waals surface area contributed by atoms with Crippen LogP contribution in [0.15, 0.2) is 67.0 Å². The number of Topliss-reactive ketones (excluding diaryl/α,β-unsaturated/α-hetero) is 1. The first-order chi connectivity index (χ1) is 13.9. The number of carbonyl (C=O) groups excluding carboxylic acids is 2. The number of hydrogen-bond acceptors (Lipinski definition) is 3. The lowest BCUT2D eigenvalue weighted by Crippen LogP contribution is -2.01. The molecule has 0 fully saturated rings. The first-order valence-electron chi connectivity index (χ1n) is 8.97. The van der Waals surface area contributed by atoms with Gasteiger partial charge in [-0.3, -0.25) is 14.6 Å². The molecule has 144 valence electrons. The lowest BCUT2D eigenvalue weighted by Gasteiger charge is -2.06. The predicted molar refractivity (Wildman–Crippen MR) is 105 cm³/mol. The van der Waals surface area contributed by atoms with Crippen LogP contribution in [-0.2, 0) is 6.54 Å². The minimum absolute atomic E-state index is 0.187. The van der Waals surface area contributed by atoms with E-state index in [0.29, 0.717) is 28.6 Å². The zero-order chi connectivity index (χ0) is 20.5. The number of fused-ring (bicyclic) bond motifs is 1. The van der Waals surface area contributed by atoms with Gasteiger partial charge in [0.2, 0.25) is 0 Å². The average molecular weight is 390 g/mol. The van der Waals surface area contributed by atoms with E-state index in [2.05, 4.69) is 4.98 Å². The maximum absolute atomic E-state index is 13.2. The zero-order valence-corrected chi connectivity index (χ0v) is 15.5. The molecule has 2 aromatic carbocycles. The molecule has 0 spiro atoms. The molecular weight excluding hydrogens is 374 g/mol. The summed E-state index contributed by atoms with van der Waals surface area (Å²) < 4.78 is 28.3. The van der Waals surface area contributed by atoms with Gasteiger partial charge in [0.15, 0.2) is 11.6 Å². The molecule has 6 heteroatoms. The Balaban J connectivity index is 1.84. The molecule has 4 nitrogen and oxygen atoms in total. The molecule has 0 atom stereocenters. The minimum Gasteiger partial charge on any atom is -0.342 e. The summed E-state index contributed by atoms with van der Waals surface area (Å²) in [5.74, 6) is -1.22. The van der Waals surface area contributed by atoms with Crippen LogP contribution < -0.4 is 0 Å². The van der Waals surface area contributed by atoms with Crippen LogP contribution in [0.1, 0.15) is 38.9 Å². The summed E-state index contributed by atoms with van der Waals surface area (Å²) in [4.78, 5) is 29.0. The third kappa shape index (κ3) is 3.69. The van der Waals surface area contributed by atoms with Gasteiger partial charge in [-0.1, -0.05) is 12.1 Å². The Morgan fingerprint density at radius 3 is 2.21 bits per heavy atom. The first kappa shape index (κ1) is 18.7. The Bertz CT molecular complexity index is 1230. The molecule has 0 amide bonds. The molecule has 0 saturated heterocycles. The van der Waals surface area contributed by atoms with Crippen LogP contribution >= 0.6 is 0 Å².